The van der Waals surface area contributed by atoms with E-state index in [9.17, 15) is 13.6 Å². The standard InChI is InChI=1S/C23H20F2N8O/c24-18-7-4-8-19(20(18)25)33-22(29-30-31-33)17-12-15(13-27-21(17)26)14-5-3-6-16(11-14)28-23(34)32-9-1-2-10-32/h3-8,11-13H,1-2,9-10H2,(H2,26,27)(H,28,34). The van der Waals surface area contributed by atoms with Gasteiger partial charge in [0.25, 0.3) is 0 Å². The molecule has 0 spiro atoms. The molecule has 4 aromatic rings. The molecular weight excluding hydrogens is 442 g/mol. The number of tetrazole rings is 1. The van der Waals surface area contributed by atoms with Crippen LogP contribution in [0.15, 0.2) is 54.7 Å². The van der Waals surface area contributed by atoms with Crippen LogP contribution >= 0.6 is 0 Å². The van der Waals surface area contributed by atoms with Crippen LogP contribution in [0.1, 0.15) is 12.8 Å². The van der Waals surface area contributed by atoms with E-state index in [0.717, 1.165) is 42.2 Å². The quantitative estimate of drug-likeness (QED) is 0.476. The van der Waals surface area contributed by atoms with Crippen molar-refractivity contribution in [3.8, 4) is 28.2 Å². The molecular formula is C23H20F2N8O. The largest absolute Gasteiger partial charge is 0.383 e. The zero-order chi connectivity index (χ0) is 23.7. The first-order chi connectivity index (χ1) is 16.5. The second-order valence-electron chi connectivity index (χ2n) is 7.85. The molecule has 1 aliphatic rings. The van der Waals surface area contributed by atoms with Crippen molar-refractivity contribution in [2.75, 3.05) is 24.1 Å². The van der Waals surface area contributed by atoms with Crippen LogP contribution in [-0.4, -0.2) is 49.2 Å². The lowest BCUT2D eigenvalue weighted by atomic mass is 10.0. The summed E-state index contributed by atoms with van der Waals surface area (Å²) in [7, 11) is 0. The molecule has 3 N–H and O–H groups in total. The lowest BCUT2D eigenvalue weighted by Gasteiger charge is -2.16. The number of likely N-dealkylation sites (tertiary alicyclic amines) is 1. The first-order valence-corrected chi connectivity index (χ1v) is 10.7. The summed E-state index contributed by atoms with van der Waals surface area (Å²) in [5.74, 6) is -1.88. The zero-order valence-electron chi connectivity index (χ0n) is 17.9. The topological polar surface area (TPSA) is 115 Å². The van der Waals surface area contributed by atoms with Crippen LogP contribution in [0, 0.1) is 11.6 Å². The fourth-order valence-corrected chi connectivity index (χ4v) is 3.88. The smallest absolute Gasteiger partial charge is 0.321 e. The van der Waals surface area contributed by atoms with E-state index in [1.54, 1.807) is 23.2 Å². The predicted octanol–water partition coefficient (Wildman–Crippen LogP) is 3.88. The molecule has 0 unspecified atom stereocenters. The molecule has 0 saturated carbocycles. The molecule has 0 bridgehead atoms. The number of pyridine rings is 1. The highest BCUT2D eigenvalue weighted by Crippen LogP contribution is 2.31. The molecule has 2 aromatic carbocycles. The molecule has 3 heterocycles. The van der Waals surface area contributed by atoms with Crippen molar-refractivity contribution in [1.82, 2.24) is 30.1 Å². The van der Waals surface area contributed by atoms with Crippen molar-refractivity contribution < 1.29 is 13.6 Å². The first kappa shape index (κ1) is 21.4. The van der Waals surface area contributed by atoms with Gasteiger partial charge in [-0.05, 0) is 59.2 Å². The summed E-state index contributed by atoms with van der Waals surface area (Å²) in [5.41, 5.74) is 8.36. The van der Waals surface area contributed by atoms with Gasteiger partial charge in [0, 0.05) is 30.5 Å². The monoisotopic (exact) mass is 462 g/mol. The average Bonchev–Trinajstić information content (AvgIpc) is 3.54. The summed E-state index contributed by atoms with van der Waals surface area (Å²) in [5, 5.41) is 14.3. The number of halogens is 2. The second-order valence-corrected chi connectivity index (χ2v) is 7.85. The van der Waals surface area contributed by atoms with E-state index in [1.807, 2.05) is 18.2 Å². The number of carbonyl (C=O) groups excluding carboxylic acids is 1. The summed E-state index contributed by atoms with van der Waals surface area (Å²) < 4.78 is 29.2. The Bertz CT molecular complexity index is 1370. The number of rotatable bonds is 4. The fourth-order valence-electron chi connectivity index (χ4n) is 3.88. The first-order valence-electron chi connectivity index (χ1n) is 10.7. The third kappa shape index (κ3) is 4.03. The number of nitrogens with one attached hydrogen (secondary N) is 1. The lowest BCUT2D eigenvalue weighted by molar-refractivity contribution is 0.222. The Labute approximate surface area is 193 Å². The molecule has 9 nitrogen and oxygen atoms in total. The van der Waals surface area contributed by atoms with E-state index < -0.39 is 11.6 Å². The number of aromatic nitrogens is 5. The molecule has 5 rings (SSSR count). The molecule has 0 aliphatic carbocycles. The number of hydrogen-bond acceptors (Lipinski definition) is 6. The Morgan fingerprint density at radius 2 is 1.82 bits per heavy atom. The number of urea groups is 1. The van der Waals surface area contributed by atoms with Crippen molar-refractivity contribution in [3.63, 3.8) is 0 Å². The molecule has 2 aromatic heterocycles. The molecule has 1 saturated heterocycles. The van der Waals surface area contributed by atoms with Gasteiger partial charge in [0.1, 0.15) is 11.5 Å². The molecule has 1 fully saturated rings. The Hall–Kier alpha value is -4.41. The molecule has 1 aliphatic heterocycles. The van der Waals surface area contributed by atoms with Gasteiger partial charge >= 0.3 is 6.03 Å². The maximum absolute atomic E-state index is 14.4. The maximum atomic E-state index is 14.4. The normalized spacial score (nSPS) is 13.3. The summed E-state index contributed by atoms with van der Waals surface area (Å²) in [6, 6.07) is 12.6. The van der Waals surface area contributed by atoms with Crippen molar-refractivity contribution in [2.45, 2.75) is 12.8 Å². The van der Waals surface area contributed by atoms with Gasteiger partial charge in [-0.25, -0.2) is 18.6 Å². The average molecular weight is 462 g/mol. The number of nitrogen functional groups attached to an aromatic ring is 1. The van der Waals surface area contributed by atoms with Crippen LogP contribution in [0.4, 0.5) is 25.1 Å². The lowest BCUT2D eigenvalue weighted by Crippen LogP contribution is -2.32. The number of nitrogens with zero attached hydrogens (tertiary/aromatic N) is 6. The van der Waals surface area contributed by atoms with Gasteiger partial charge in [0.15, 0.2) is 17.5 Å². The van der Waals surface area contributed by atoms with E-state index in [-0.39, 0.29) is 23.4 Å². The van der Waals surface area contributed by atoms with E-state index in [1.165, 1.54) is 12.1 Å². The Morgan fingerprint density at radius 1 is 1.03 bits per heavy atom. The highest BCUT2D eigenvalue weighted by atomic mass is 19.2. The van der Waals surface area contributed by atoms with Gasteiger partial charge in [-0.1, -0.05) is 18.2 Å². The van der Waals surface area contributed by atoms with Crippen LogP contribution in [0.5, 0.6) is 0 Å². The third-order valence-corrected chi connectivity index (χ3v) is 5.63. The predicted molar refractivity (Wildman–Crippen MR) is 122 cm³/mol. The maximum Gasteiger partial charge on any atom is 0.321 e. The second kappa shape index (κ2) is 8.85. The minimum atomic E-state index is -1.08. The zero-order valence-corrected chi connectivity index (χ0v) is 17.9. The van der Waals surface area contributed by atoms with Crippen molar-refractivity contribution in [3.05, 3.63) is 66.4 Å². The van der Waals surface area contributed by atoms with Gasteiger partial charge in [-0.15, -0.1) is 5.10 Å². The van der Waals surface area contributed by atoms with Crippen LogP contribution in [0.3, 0.4) is 0 Å². The third-order valence-electron chi connectivity index (χ3n) is 5.63. The van der Waals surface area contributed by atoms with Gasteiger partial charge < -0.3 is 16.0 Å². The highest BCUT2D eigenvalue weighted by Gasteiger charge is 2.20. The highest BCUT2D eigenvalue weighted by molar-refractivity contribution is 5.90. The molecule has 11 heteroatoms. The van der Waals surface area contributed by atoms with E-state index in [4.69, 9.17) is 5.73 Å². The van der Waals surface area contributed by atoms with Crippen molar-refractivity contribution in [1.29, 1.82) is 0 Å². The number of anilines is 2. The summed E-state index contributed by atoms with van der Waals surface area (Å²) >= 11 is 0. The molecule has 0 radical (unpaired) electrons. The minimum Gasteiger partial charge on any atom is -0.383 e. The van der Waals surface area contributed by atoms with E-state index in [0.29, 0.717) is 16.8 Å². The summed E-state index contributed by atoms with van der Waals surface area (Å²) in [6.45, 7) is 1.49. The number of carbonyl (C=O) groups is 1. The van der Waals surface area contributed by atoms with E-state index in [2.05, 4.69) is 25.8 Å². The Kier molecular flexibility index (Phi) is 5.58. The van der Waals surface area contributed by atoms with Crippen LogP contribution in [0.25, 0.3) is 28.2 Å². The summed E-state index contributed by atoms with van der Waals surface area (Å²) in [6.07, 6.45) is 3.59. The van der Waals surface area contributed by atoms with E-state index >= 15 is 0 Å². The van der Waals surface area contributed by atoms with Crippen LogP contribution < -0.4 is 11.1 Å². The number of nitrogens with two attached hydrogens (primary N) is 1. The number of amides is 2. The van der Waals surface area contributed by atoms with Gasteiger partial charge in [0.2, 0.25) is 0 Å². The van der Waals surface area contributed by atoms with Gasteiger partial charge in [-0.3, -0.25) is 0 Å². The molecule has 0 atom stereocenters. The Morgan fingerprint density at radius 3 is 2.65 bits per heavy atom. The van der Waals surface area contributed by atoms with Gasteiger partial charge in [-0.2, -0.15) is 4.68 Å². The number of hydrogen-bond donors (Lipinski definition) is 2. The van der Waals surface area contributed by atoms with Gasteiger partial charge in [0.05, 0.1) is 5.56 Å². The minimum absolute atomic E-state index is 0.106. The Balaban J connectivity index is 1.49. The van der Waals surface area contributed by atoms with Crippen LogP contribution in [0.2, 0.25) is 0 Å². The van der Waals surface area contributed by atoms with Crippen molar-refractivity contribution in [2.24, 2.45) is 0 Å². The summed E-state index contributed by atoms with van der Waals surface area (Å²) in [4.78, 5) is 18.5. The fraction of sp³-hybridized carbons (Fsp3) is 0.174. The number of benzene rings is 2. The SMILES string of the molecule is Nc1ncc(-c2cccc(NC(=O)N3CCCC3)c2)cc1-c1nnnn1-c1cccc(F)c1F. The van der Waals surface area contributed by atoms with Crippen LogP contribution in [-0.2, 0) is 0 Å². The molecule has 34 heavy (non-hydrogen) atoms. The van der Waals surface area contributed by atoms with Crippen molar-refractivity contribution >= 4 is 17.5 Å². The molecule has 2 amide bonds. The molecule has 172 valence electrons.